The Kier molecular flexibility index (Phi) is 9.01. The summed E-state index contributed by atoms with van der Waals surface area (Å²) in [6, 6.07) is 16.1. The molecular formula is C22H26Cl3N3O2. The van der Waals surface area contributed by atoms with Gasteiger partial charge in [-0.15, -0.1) is 24.8 Å². The second-order valence-electron chi connectivity index (χ2n) is 6.96. The average Bonchev–Trinajstić information content (AvgIpc) is 3.09. The third-order valence-electron chi connectivity index (χ3n) is 5.14. The van der Waals surface area contributed by atoms with Gasteiger partial charge in [0.15, 0.2) is 5.76 Å². The molecule has 0 radical (unpaired) electrons. The van der Waals surface area contributed by atoms with Crippen molar-refractivity contribution in [3.63, 3.8) is 0 Å². The van der Waals surface area contributed by atoms with Crippen LogP contribution < -0.4 is 10.1 Å². The van der Waals surface area contributed by atoms with Crippen molar-refractivity contribution in [3.05, 3.63) is 70.7 Å². The number of rotatable bonds is 5. The van der Waals surface area contributed by atoms with Crippen LogP contribution in [0.15, 0.2) is 52.9 Å². The van der Waals surface area contributed by atoms with Crippen LogP contribution in [0.2, 0.25) is 5.02 Å². The number of nitrogens with zero attached hydrogens (tertiary/aromatic N) is 2. The van der Waals surface area contributed by atoms with Crippen LogP contribution in [0.4, 0.5) is 0 Å². The molecular weight excluding hydrogens is 445 g/mol. The zero-order valence-corrected chi connectivity index (χ0v) is 19.3. The van der Waals surface area contributed by atoms with Crippen LogP contribution >= 0.6 is 36.4 Å². The highest BCUT2D eigenvalue weighted by Crippen LogP contribution is 2.32. The maximum absolute atomic E-state index is 6.14. The van der Waals surface area contributed by atoms with E-state index in [2.05, 4.69) is 27.3 Å². The molecule has 1 N–H and O–H groups in total. The standard InChI is InChI=1S/C22H24ClN3O2.2ClH/c1-15-22(16-7-9-17(23)10-8-16)28-21(25-15)14-26-12-11-24-13-19(26)18-5-3-4-6-20(18)27-2;;/h3-10,19,24H,11-14H2,1-2H3;2*1H. The van der Waals surface area contributed by atoms with E-state index in [9.17, 15) is 0 Å². The summed E-state index contributed by atoms with van der Waals surface area (Å²) in [5, 5.41) is 4.20. The Morgan fingerprint density at radius 2 is 1.90 bits per heavy atom. The van der Waals surface area contributed by atoms with Crippen molar-refractivity contribution >= 4 is 36.4 Å². The molecule has 4 rings (SSSR count). The van der Waals surface area contributed by atoms with E-state index in [1.807, 2.05) is 43.3 Å². The fourth-order valence-corrected chi connectivity index (χ4v) is 3.87. The van der Waals surface area contributed by atoms with Crippen LogP contribution in [0.5, 0.6) is 5.75 Å². The third-order valence-corrected chi connectivity index (χ3v) is 5.39. The summed E-state index contributed by atoms with van der Waals surface area (Å²) in [4.78, 5) is 7.08. The lowest BCUT2D eigenvalue weighted by Crippen LogP contribution is -2.45. The number of halogens is 3. The van der Waals surface area contributed by atoms with Crippen molar-refractivity contribution in [3.8, 4) is 17.1 Å². The van der Waals surface area contributed by atoms with E-state index in [1.165, 1.54) is 5.56 Å². The van der Waals surface area contributed by atoms with E-state index in [0.717, 1.165) is 48.3 Å². The molecule has 0 aliphatic carbocycles. The van der Waals surface area contributed by atoms with Gasteiger partial charge in [-0.3, -0.25) is 4.90 Å². The van der Waals surface area contributed by atoms with E-state index in [1.54, 1.807) is 7.11 Å². The normalized spacial score (nSPS) is 16.4. The summed E-state index contributed by atoms with van der Waals surface area (Å²) in [6.07, 6.45) is 0. The quantitative estimate of drug-likeness (QED) is 0.548. The van der Waals surface area contributed by atoms with Gasteiger partial charge < -0.3 is 14.5 Å². The van der Waals surface area contributed by atoms with Crippen molar-refractivity contribution in [1.82, 2.24) is 15.2 Å². The van der Waals surface area contributed by atoms with E-state index in [-0.39, 0.29) is 30.9 Å². The molecule has 2 heterocycles. The van der Waals surface area contributed by atoms with Gasteiger partial charge in [-0.2, -0.15) is 0 Å². The Labute approximate surface area is 194 Å². The number of hydrogen-bond acceptors (Lipinski definition) is 5. The SMILES string of the molecule is COc1ccccc1C1CNCCN1Cc1nc(C)c(-c2ccc(Cl)cc2)o1.Cl.Cl. The zero-order valence-electron chi connectivity index (χ0n) is 16.9. The maximum Gasteiger partial charge on any atom is 0.209 e. The fraction of sp³-hybridized carbons (Fsp3) is 0.318. The number of nitrogens with one attached hydrogen (secondary N) is 1. The van der Waals surface area contributed by atoms with Gasteiger partial charge in [-0.25, -0.2) is 4.98 Å². The monoisotopic (exact) mass is 469 g/mol. The Morgan fingerprint density at radius 1 is 1.17 bits per heavy atom. The fourth-order valence-electron chi connectivity index (χ4n) is 3.75. The summed E-state index contributed by atoms with van der Waals surface area (Å²) in [7, 11) is 1.72. The van der Waals surface area contributed by atoms with Crippen molar-refractivity contribution in [2.24, 2.45) is 0 Å². The molecule has 1 aromatic heterocycles. The van der Waals surface area contributed by atoms with Crippen LogP contribution in [-0.2, 0) is 6.54 Å². The highest BCUT2D eigenvalue weighted by Gasteiger charge is 2.27. The molecule has 1 aliphatic rings. The molecule has 1 atom stereocenters. The van der Waals surface area contributed by atoms with Crippen LogP contribution in [0.3, 0.4) is 0 Å². The van der Waals surface area contributed by atoms with Crippen molar-refractivity contribution in [2.75, 3.05) is 26.7 Å². The molecule has 162 valence electrons. The van der Waals surface area contributed by atoms with Crippen LogP contribution in [0.25, 0.3) is 11.3 Å². The molecule has 1 saturated heterocycles. The Hall–Kier alpha value is -1.76. The number of piperazine rings is 1. The van der Waals surface area contributed by atoms with Crippen LogP contribution in [0, 0.1) is 6.92 Å². The molecule has 8 heteroatoms. The minimum atomic E-state index is 0. The Bertz CT molecular complexity index is 947. The molecule has 1 unspecified atom stereocenters. The van der Waals surface area contributed by atoms with Gasteiger partial charge in [-0.05, 0) is 37.3 Å². The topological polar surface area (TPSA) is 50.5 Å². The molecule has 30 heavy (non-hydrogen) atoms. The molecule has 0 bridgehead atoms. The van der Waals surface area contributed by atoms with Gasteiger partial charge in [0.2, 0.25) is 5.89 Å². The van der Waals surface area contributed by atoms with Gasteiger partial charge in [0.05, 0.1) is 25.4 Å². The maximum atomic E-state index is 6.14. The number of para-hydroxylation sites is 1. The second kappa shape index (κ2) is 11.0. The lowest BCUT2D eigenvalue weighted by atomic mass is 10.0. The number of hydrogen-bond donors (Lipinski definition) is 1. The molecule has 5 nitrogen and oxygen atoms in total. The number of methoxy groups -OCH3 is 1. The predicted octanol–water partition coefficient (Wildman–Crippen LogP) is 5.30. The van der Waals surface area contributed by atoms with E-state index >= 15 is 0 Å². The van der Waals surface area contributed by atoms with Crippen molar-refractivity contribution < 1.29 is 9.15 Å². The highest BCUT2D eigenvalue weighted by atomic mass is 35.5. The minimum absolute atomic E-state index is 0. The van der Waals surface area contributed by atoms with Crippen LogP contribution in [0.1, 0.15) is 23.2 Å². The molecule has 3 aromatic rings. The minimum Gasteiger partial charge on any atom is -0.496 e. The summed E-state index contributed by atoms with van der Waals surface area (Å²) in [6.45, 7) is 5.35. The summed E-state index contributed by atoms with van der Waals surface area (Å²) < 4.78 is 11.7. The van der Waals surface area contributed by atoms with Gasteiger partial charge in [0.25, 0.3) is 0 Å². The third kappa shape index (κ3) is 5.29. The molecule has 1 aliphatic heterocycles. The predicted molar refractivity (Wildman–Crippen MR) is 125 cm³/mol. The van der Waals surface area contributed by atoms with Crippen molar-refractivity contribution in [2.45, 2.75) is 19.5 Å². The first-order valence-electron chi connectivity index (χ1n) is 9.45. The van der Waals surface area contributed by atoms with E-state index in [4.69, 9.17) is 20.8 Å². The first kappa shape index (κ1) is 24.5. The van der Waals surface area contributed by atoms with Gasteiger partial charge in [0, 0.05) is 35.8 Å². The van der Waals surface area contributed by atoms with E-state index in [0.29, 0.717) is 11.6 Å². The average molecular weight is 471 g/mol. The zero-order chi connectivity index (χ0) is 19.5. The molecule has 1 fully saturated rings. The summed E-state index contributed by atoms with van der Waals surface area (Å²) >= 11 is 6.00. The molecule has 2 aromatic carbocycles. The number of benzene rings is 2. The van der Waals surface area contributed by atoms with Crippen molar-refractivity contribution in [1.29, 1.82) is 0 Å². The molecule has 0 amide bonds. The van der Waals surface area contributed by atoms with Gasteiger partial charge >= 0.3 is 0 Å². The largest absolute Gasteiger partial charge is 0.496 e. The van der Waals surface area contributed by atoms with Gasteiger partial charge in [-0.1, -0.05) is 29.8 Å². The lowest BCUT2D eigenvalue weighted by molar-refractivity contribution is 0.138. The summed E-state index contributed by atoms with van der Waals surface area (Å²) in [5.74, 6) is 2.44. The number of oxazole rings is 1. The lowest BCUT2D eigenvalue weighted by Gasteiger charge is -2.36. The molecule has 0 spiro atoms. The summed E-state index contributed by atoms with van der Waals surface area (Å²) in [5.41, 5.74) is 3.06. The number of aryl methyl sites for hydroxylation is 1. The second-order valence-corrected chi connectivity index (χ2v) is 7.40. The number of ether oxygens (including phenoxy) is 1. The first-order chi connectivity index (χ1) is 13.7. The smallest absolute Gasteiger partial charge is 0.209 e. The first-order valence-corrected chi connectivity index (χ1v) is 9.83. The Balaban J connectivity index is 0.00000160. The molecule has 0 saturated carbocycles. The van der Waals surface area contributed by atoms with E-state index < -0.39 is 0 Å². The van der Waals surface area contributed by atoms with Crippen LogP contribution in [-0.4, -0.2) is 36.6 Å². The van der Waals surface area contributed by atoms with Gasteiger partial charge in [0.1, 0.15) is 5.75 Å². The highest BCUT2D eigenvalue weighted by molar-refractivity contribution is 6.30. The Morgan fingerprint density at radius 3 is 2.63 bits per heavy atom. The number of aromatic nitrogens is 1.